The fourth-order valence-corrected chi connectivity index (χ4v) is 3.09. The van der Waals surface area contributed by atoms with Gasteiger partial charge in [-0.1, -0.05) is 56.3 Å². The molecule has 0 heterocycles. The number of aliphatic carboxylic acids is 1. The van der Waals surface area contributed by atoms with Crippen molar-refractivity contribution in [2.75, 3.05) is 0 Å². The Morgan fingerprint density at radius 1 is 1.00 bits per heavy atom. The Kier molecular flexibility index (Phi) is 9.23. The number of amides is 2. The van der Waals surface area contributed by atoms with Gasteiger partial charge < -0.3 is 20.5 Å². The van der Waals surface area contributed by atoms with Gasteiger partial charge in [-0.05, 0) is 35.6 Å². The fraction of sp³-hybridized carbons (Fsp3) is 0.333. The zero-order valence-corrected chi connectivity index (χ0v) is 18.1. The molecule has 3 N–H and O–H groups in total. The standard InChI is InChI=1S/C24H27N3O5/c1-16(2)11-20(27-24(31)32-15-17-7-4-3-5-8-17)22(28)26-21(23(29)30)13-18-9-6-10-19(12-18)14-25/h3-10,12,16,20-21H,11,13,15H2,1-2H3,(H,26,28)(H,27,31)(H,29,30)/t20-,21-/m0/s1. The Balaban J connectivity index is 2.02. The number of hydrogen-bond donors (Lipinski definition) is 3. The lowest BCUT2D eigenvalue weighted by Crippen LogP contribution is -2.52. The van der Waals surface area contributed by atoms with Crippen LogP contribution < -0.4 is 10.6 Å². The van der Waals surface area contributed by atoms with Gasteiger partial charge in [-0.2, -0.15) is 5.26 Å². The van der Waals surface area contributed by atoms with Crippen molar-refractivity contribution in [3.8, 4) is 6.07 Å². The number of nitrogens with one attached hydrogen (secondary N) is 2. The van der Waals surface area contributed by atoms with Gasteiger partial charge >= 0.3 is 12.1 Å². The molecule has 0 aliphatic heterocycles. The largest absolute Gasteiger partial charge is 0.480 e. The average Bonchev–Trinajstić information content (AvgIpc) is 2.77. The van der Waals surface area contributed by atoms with Crippen molar-refractivity contribution in [1.29, 1.82) is 5.26 Å². The first kappa shape index (κ1) is 24.4. The van der Waals surface area contributed by atoms with E-state index < -0.39 is 30.1 Å². The quantitative estimate of drug-likeness (QED) is 0.524. The Labute approximate surface area is 187 Å². The van der Waals surface area contributed by atoms with Gasteiger partial charge in [0, 0.05) is 6.42 Å². The minimum atomic E-state index is -1.21. The van der Waals surface area contributed by atoms with Crippen LogP contribution in [0.15, 0.2) is 54.6 Å². The fourth-order valence-electron chi connectivity index (χ4n) is 3.09. The van der Waals surface area contributed by atoms with Crippen molar-refractivity contribution in [3.63, 3.8) is 0 Å². The van der Waals surface area contributed by atoms with E-state index in [4.69, 9.17) is 10.00 Å². The Hall–Kier alpha value is -3.86. The van der Waals surface area contributed by atoms with Crippen LogP contribution in [0.25, 0.3) is 0 Å². The molecule has 0 radical (unpaired) electrons. The van der Waals surface area contributed by atoms with E-state index in [1.807, 2.05) is 50.2 Å². The molecule has 2 rings (SSSR count). The molecule has 0 saturated heterocycles. The van der Waals surface area contributed by atoms with Gasteiger partial charge in [0.25, 0.3) is 0 Å². The van der Waals surface area contributed by atoms with Gasteiger partial charge in [-0.3, -0.25) is 4.79 Å². The van der Waals surface area contributed by atoms with Gasteiger partial charge in [-0.15, -0.1) is 0 Å². The third kappa shape index (κ3) is 8.11. The molecule has 0 aromatic heterocycles. The zero-order chi connectivity index (χ0) is 23.5. The monoisotopic (exact) mass is 437 g/mol. The summed E-state index contributed by atoms with van der Waals surface area (Å²) in [6.45, 7) is 3.83. The molecule has 2 amide bonds. The van der Waals surface area contributed by atoms with Gasteiger partial charge in [0.2, 0.25) is 5.91 Å². The highest BCUT2D eigenvalue weighted by atomic mass is 16.5. The Morgan fingerprint density at radius 2 is 1.69 bits per heavy atom. The lowest BCUT2D eigenvalue weighted by molar-refractivity contribution is -0.142. The van der Waals surface area contributed by atoms with Crippen molar-refractivity contribution >= 4 is 18.0 Å². The van der Waals surface area contributed by atoms with Crippen LogP contribution in [0.3, 0.4) is 0 Å². The summed E-state index contributed by atoms with van der Waals surface area (Å²) in [5.41, 5.74) is 1.81. The maximum atomic E-state index is 12.8. The number of rotatable bonds is 10. The van der Waals surface area contributed by atoms with Crippen LogP contribution in [0.4, 0.5) is 4.79 Å². The molecule has 0 aliphatic carbocycles. The first-order valence-corrected chi connectivity index (χ1v) is 10.3. The second-order valence-corrected chi connectivity index (χ2v) is 7.80. The highest BCUT2D eigenvalue weighted by Gasteiger charge is 2.28. The SMILES string of the molecule is CC(C)C[C@H](NC(=O)OCc1ccccc1)C(=O)N[C@@H](Cc1cccc(C#N)c1)C(=O)O. The molecule has 168 valence electrons. The van der Waals surface area contributed by atoms with Gasteiger partial charge in [0.15, 0.2) is 0 Å². The summed E-state index contributed by atoms with van der Waals surface area (Å²) in [5, 5.41) is 23.6. The minimum Gasteiger partial charge on any atom is -0.480 e. The van der Waals surface area contributed by atoms with Crippen molar-refractivity contribution in [2.24, 2.45) is 5.92 Å². The number of carbonyl (C=O) groups excluding carboxylic acids is 2. The third-order valence-corrected chi connectivity index (χ3v) is 4.64. The molecule has 0 saturated carbocycles. The molecule has 2 atom stereocenters. The number of nitriles is 1. The van der Waals surface area contributed by atoms with Crippen LogP contribution in [0.5, 0.6) is 0 Å². The highest BCUT2D eigenvalue weighted by molar-refractivity contribution is 5.89. The van der Waals surface area contributed by atoms with E-state index in [2.05, 4.69) is 10.6 Å². The summed E-state index contributed by atoms with van der Waals surface area (Å²) in [7, 11) is 0. The lowest BCUT2D eigenvalue weighted by atomic mass is 10.0. The van der Waals surface area contributed by atoms with Crippen molar-refractivity contribution in [3.05, 3.63) is 71.3 Å². The maximum absolute atomic E-state index is 12.8. The molecule has 0 bridgehead atoms. The molecule has 0 aliphatic rings. The second kappa shape index (κ2) is 12.1. The number of hydrogen-bond acceptors (Lipinski definition) is 5. The molecule has 8 heteroatoms. The van der Waals surface area contributed by atoms with Crippen LogP contribution in [0, 0.1) is 17.2 Å². The first-order valence-electron chi connectivity index (χ1n) is 10.3. The van der Waals surface area contributed by atoms with E-state index in [0.29, 0.717) is 17.5 Å². The molecule has 0 unspecified atom stereocenters. The van der Waals surface area contributed by atoms with E-state index in [1.165, 1.54) is 0 Å². The summed E-state index contributed by atoms with van der Waals surface area (Å²) < 4.78 is 5.19. The van der Waals surface area contributed by atoms with E-state index in [1.54, 1.807) is 24.3 Å². The number of nitrogens with zero attached hydrogens (tertiary/aromatic N) is 1. The van der Waals surface area contributed by atoms with Crippen LogP contribution in [0.1, 0.15) is 37.0 Å². The van der Waals surface area contributed by atoms with Crippen molar-refractivity contribution < 1.29 is 24.2 Å². The van der Waals surface area contributed by atoms with Gasteiger partial charge in [0.1, 0.15) is 18.7 Å². The third-order valence-electron chi connectivity index (χ3n) is 4.64. The number of alkyl carbamates (subject to hydrolysis) is 1. The molecular weight excluding hydrogens is 410 g/mol. The molecule has 0 fully saturated rings. The number of carbonyl (C=O) groups is 3. The molecule has 2 aromatic rings. The molecule has 2 aromatic carbocycles. The summed E-state index contributed by atoms with van der Waals surface area (Å²) >= 11 is 0. The summed E-state index contributed by atoms with van der Waals surface area (Å²) in [6, 6.07) is 15.5. The first-order chi connectivity index (χ1) is 15.3. The molecular formula is C24H27N3O5. The topological polar surface area (TPSA) is 129 Å². The van der Waals surface area contributed by atoms with Crippen LogP contribution >= 0.6 is 0 Å². The number of ether oxygens (including phenoxy) is 1. The van der Waals surface area contributed by atoms with Crippen LogP contribution in [0.2, 0.25) is 0 Å². The van der Waals surface area contributed by atoms with Crippen molar-refractivity contribution in [1.82, 2.24) is 10.6 Å². The zero-order valence-electron chi connectivity index (χ0n) is 18.1. The summed E-state index contributed by atoms with van der Waals surface area (Å²) in [4.78, 5) is 36.8. The minimum absolute atomic E-state index is 0.00342. The predicted molar refractivity (Wildman–Crippen MR) is 117 cm³/mol. The number of carboxylic acid groups (broad SMARTS) is 1. The van der Waals surface area contributed by atoms with E-state index in [9.17, 15) is 19.5 Å². The van der Waals surface area contributed by atoms with Crippen LogP contribution in [-0.2, 0) is 27.4 Å². The predicted octanol–water partition coefficient (Wildman–Crippen LogP) is 3.01. The summed E-state index contributed by atoms with van der Waals surface area (Å²) in [5.74, 6) is -1.76. The normalized spacial score (nSPS) is 12.3. The lowest BCUT2D eigenvalue weighted by Gasteiger charge is -2.22. The van der Waals surface area contributed by atoms with E-state index in [0.717, 1.165) is 5.56 Å². The number of carboxylic acids is 1. The Bertz CT molecular complexity index is 969. The van der Waals surface area contributed by atoms with Gasteiger partial charge in [0.05, 0.1) is 11.6 Å². The molecule has 0 spiro atoms. The van der Waals surface area contributed by atoms with Crippen LogP contribution in [-0.4, -0.2) is 35.2 Å². The average molecular weight is 437 g/mol. The highest BCUT2D eigenvalue weighted by Crippen LogP contribution is 2.10. The van der Waals surface area contributed by atoms with Crippen molar-refractivity contribution in [2.45, 2.75) is 45.4 Å². The smallest absolute Gasteiger partial charge is 0.408 e. The second-order valence-electron chi connectivity index (χ2n) is 7.80. The van der Waals surface area contributed by atoms with Gasteiger partial charge in [-0.25, -0.2) is 9.59 Å². The molecule has 8 nitrogen and oxygen atoms in total. The number of benzene rings is 2. The Morgan fingerprint density at radius 3 is 2.31 bits per heavy atom. The van der Waals surface area contributed by atoms with E-state index in [-0.39, 0.29) is 18.9 Å². The maximum Gasteiger partial charge on any atom is 0.408 e. The summed E-state index contributed by atoms with van der Waals surface area (Å²) in [6.07, 6.45) is -0.449. The molecule has 32 heavy (non-hydrogen) atoms. The van der Waals surface area contributed by atoms with E-state index >= 15 is 0 Å².